The first-order chi connectivity index (χ1) is 20.2. The Balaban J connectivity index is 1.49. The lowest BCUT2D eigenvalue weighted by Crippen LogP contribution is -2.39. The van der Waals surface area contributed by atoms with Crippen LogP contribution in [0.25, 0.3) is 0 Å². The molecule has 0 heterocycles. The van der Waals surface area contributed by atoms with Crippen LogP contribution in [-0.4, -0.2) is 18.7 Å². The van der Waals surface area contributed by atoms with Gasteiger partial charge in [-0.2, -0.15) is 0 Å². The quantitative estimate of drug-likeness (QED) is 0.126. The number of benzene rings is 5. The van der Waals surface area contributed by atoms with Crippen molar-refractivity contribution in [3.63, 3.8) is 0 Å². The van der Waals surface area contributed by atoms with E-state index < -0.39 is 13.6 Å². The third-order valence-electron chi connectivity index (χ3n) is 6.79. The average Bonchev–Trinajstić information content (AvgIpc) is 3.04. The molecule has 5 heteroatoms. The highest BCUT2D eigenvalue weighted by Crippen LogP contribution is 2.57. The minimum Gasteiger partial charge on any atom is -0.489 e. The summed E-state index contributed by atoms with van der Waals surface area (Å²) >= 11 is 0. The monoisotopic (exact) mass is 561 g/mol. The van der Waals surface area contributed by atoms with Gasteiger partial charge < -0.3 is 9.47 Å². The van der Waals surface area contributed by atoms with Crippen molar-refractivity contribution >= 4 is 29.4 Å². The molecule has 0 aliphatic heterocycles. The van der Waals surface area contributed by atoms with Gasteiger partial charge in [0, 0.05) is 6.42 Å². The number of carbonyl (C=O) groups excluding carboxylic acids is 1. The highest BCUT2D eigenvalue weighted by atomic mass is 31.2. The topological polar surface area (TPSA) is 44.8 Å². The number of carbonyl (C=O) groups is 1. The van der Waals surface area contributed by atoms with Crippen molar-refractivity contribution in [2.45, 2.75) is 26.1 Å². The largest absolute Gasteiger partial charge is 0.489 e. The summed E-state index contributed by atoms with van der Waals surface area (Å²) in [6.07, 6.45) is -0.452. The van der Waals surface area contributed by atoms with Crippen LogP contribution in [0.15, 0.2) is 146 Å². The maximum atomic E-state index is 13.5. The maximum absolute atomic E-state index is 13.5. The van der Waals surface area contributed by atoms with Crippen LogP contribution >= 0.6 is 7.49 Å². The van der Waals surface area contributed by atoms with Crippen molar-refractivity contribution in [2.24, 2.45) is 0 Å². The third-order valence-corrected chi connectivity index (χ3v) is 10.4. The molecule has 5 rings (SSSR count). The van der Waals surface area contributed by atoms with Crippen molar-refractivity contribution in [2.75, 3.05) is 6.61 Å². The van der Waals surface area contributed by atoms with Gasteiger partial charge in [-0.05, 0) is 66.6 Å². The molecule has 0 bridgehead atoms. The first-order valence-electron chi connectivity index (χ1n) is 13.9. The second-order valence-electron chi connectivity index (χ2n) is 9.58. The van der Waals surface area contributed by atoms with E-state index in [9.17, 15) is 4.79 Å². The molecule has 0 aliphatic rings. The molecule has 206 valence electrons. The molecule has 0 saturated heterocycles. The molecular formula is C36H34O4P+. The van der Waals surface area contributed by atoms with E-state index in [1.165, 1.54) is 0 Å². The van der Waals surface area contributed by atoms with E-state index in [0.29, 0.717) is 13.0 Å². The van der Waals surface area contributed by atoms with Crippen LogP contribution in [0.1, 0.15) is 18.1 Å². The van der Waals surface area contributed by atoms with E-state index in [-0.39, 0.29) is 12.6 Å². The number of ether oxygens (including phenoxy) is 2. The van der Waals surface area contributed by atoms with E-state index in [2.05, 4.69) is 36.4 Å². The summed E-state index contributed by atoms with van der Waals surface area (Å²) in [6.45, 7) is 2.59. The molecule has 0 aliphatic carbocycles. The fourth-order valence-electron chi connectivity index (χ4n) is 4.81. The van der Waals surface area contributed by atoms with Crippen molar-refractivity contribution < 1.29 is 18.8 Å². The zero-order valence-electron chi connectivity index (χ0n) is 23.1. The molecule has 0 spiro atoms. The average molecular weight is 562 g/mol. The molecule has 0 N–H and O–H groups in total. The molecule has 5 aromatic rings. The van der Waals surface area contributed by atoms with E-state index >= 15 is 0 Å². The van der Waals surface area contributed by atoms with Gasteiger partial charge in [0.2, 0.25) is 13.6 Å². The third kappa shape index (κ3) is 6.92. The maximum Gasteiger partial charge on any atom is 0.340 e. The predicted molar refractivity (Wildman–Crippen MR) is 168 cm³/mol. The predicted octanol–water partition coefficient (Wildman–Crippen LogP) is 6.67. The fourth-order valence-corrected chi connectivity index (χ4v) is 8.39. The van der Waals surface area contributed by atoms with Gasteiger partial charge in [0.15, 0.2) is 0 Å². The summed E-state index contributed by atoms with van der Waals surface area (Å²) in [5.74, 6) is 0.398. The smallest absolute Gasteiger partial charge is 0.340 e. The Kier molecular flexibility index (Phi) is 9.59. The second kappa shape index (κ2) is 13.9. The number of hydrogen-bond acceptors (Lipinski definition) is 4. The number of rotatable bonds is 12. The first kappa shape index (κ1) is 28.3. The van der Waals surface area contributed by atoms with Crippen molar-refractivity contribution in [3.05, 3.63) is 157 Å². The van der Waals surface area contributed by atoms with E-state index in [0.717, 1.165) is 32.8 Å². The normalized spacial score (nSPS) is 11.9. The molecule has 0 amide bonds. The SMILES string of the molecule is CCOC(=O)[C@@H](Cc1ccc(OCc2ccccc2)cc1)O[P+](c1ccccc1)(c1ccccc1)c1ccccc1. The van der Waals surface area contributed by atoms with Crippen molar-refractivity contribution in [1.29, 1.82) is 0 Å². The van der Waals surface area contributed by atoms with Gasteiger partial charge in [0.05, 0.1) is 6.61 Å². The van der Waals surface area contributed by atoms with Crippen molar-refractivity contribution in [1.82, 2.24) is 0 Å². The summed E-state index contributed by atoms with van der Waals surface area (Å²) in [6, 6.07) is 48.6. The molecular weight excluding hydrogens is 527 g/mol. The molecule has 1 atom stereocenters. The van der Waals surface area contributed by atoms with Crippen LogP contribution in [0.5, 0.6) is 5.75 Å². The Labute approximate surface area is 243 Å². The summed E-state index contributed by atoms with van der Waals surface area (Å²) in [4.78, 5) is 13.5. The zero-order valence-corrected chi connectivity index (χ0v) is 24.0. The Morgan fingerprint density at radius 2 is 1.07 bits per heavy atom. The van der Waals surface area contributed by atoms with Crippen LogP contribution in [0.4, 0.5) is 0 Å². The van der Waals surface area contributed by atoms with Crippen molar-refractivity contribution in [3.8, 4) is 5.75 Å². The van der Waals surface area contributed by atoms with Gasteiger partial charge in [0.1, 0.15) is 28.3 Å². The van der Waals surface area contributed by atoms with Crippen LogP contribution in [0, 0.1) is 0 Å². The molecule has 0 unspecified atom stereocenters. The molecule has 0 radical (unpaired) electrons. The van der Waals surface area contributed by atoms with E-state index in [1.807, 2.05) is 116 Å². The summed E-state index contributed by atoms with van der Waals surface area (Å²) < 4.78 is 18.7. The molecule has 5 aromatic carbocycles. The van der Waals surface area contributed by atoms with E-state index in [4.69, 9.17) is 14.0 Å². The first-order valence-corrected chi connectivity index (χ1v) is 15.6. The van der Waals surface area contributed by atoms with Gasteiger partial charge in [-0.15, -0.1) is 0 Å². The van der Waals surface area contributed by atoms with Crippen LogP contribution in [-0.2, 0) is 27.1 Å². The van der Waals surface area contributed by atoms with Crippen LogP contribution in [0.3, 0.4) is 0 Å². The molecule has 0 saturated carbocycles. The minimum atomic E-state index is -2.70. The second-order valence-corrected chi connectivity index (χ2v) is 12.6. The number of hydrogen-bond donors (Lipinski definition) is 0. The van der Waals surface area contributed by atoms with Gasteiger partial charge in [0.25, 0.3) is 0 Å². The summed E-state index contributed by atoms with van der Waals surface area (Å²) in [7, 11) is -2.70. The highest BCUT2D eigenvalue weighted by molar-refractivity contribution is 7.91. The van der Waals surface area contributed by atoms with Crippen LogP contribution in [0.2, 0.25) is 0 Å². The van der Waals surface area contributed by atoms with Gasteiger partial charge in [-0.3, -0.25) is 0 Å². The lowest BCUT2D eigenvalue weighted by molar-refractivity contribution is -0.151. The van der Waals surface area contributed by atoms with Gasteiger partial charge in [-0.25, -0.2) is 9.32 Å². The minimum absolute atomic E-state index is 0.276. The molecule has 0 aromatic heterocycles. The lowest BCUT2D eigenvalue weighted by atomic mass is 10.1. The van der Waals surface area contributed by atoms with Gasteiger partial charge in [-0.1, -0.05) is 97.1 Å². The molecule has 4 nitrogen and oxygen atoms in total. The molecule has 0 fully saturated rings. The fraction of sp³-hybridized carbons (Fsp3) is 0.139. The Morgan fingerprint density at radius 1 is 0.610 bits per heavy atom. The Bertz CT molecular complexity index is 1400. The summed E-state index contributed by atoms with van der Waals surface area (Å²) in [5.41, 5.74) is 2.07. The number of esters is 1. The zero-order chi connectivity index (χ0) is 28.3. The Morgan fingerprint density at radius 3 is 1.54 bits per heavy atom. The molecule has 41 heavy (non-hydrogen) atoms. The highest BCUT2D eigenvalue weighted by Gasteiger charge is 2.51. The standard InChI is InChI=1S/C36H34O4P/c1-2-38-36(37)35(27-29-23-25-31(26-24-29)39-28-30-15-7-3-8-16-30)40-41(32-17-9-4-10-18-32,33-19-11-5-12-20-33)34-21-13-6-14-22-34/h3-26,35H,2,27-28H2,1H3/q+1/t35-/m1/s1. The van der Waals surface area contributed by atoms with Crippen LogP contribution < -0.4 is 20.7 Å². The van der Waals surface area contributed by atoms with Gasteiger partial charge >= 0.3 is 5.97 Å². The van der Waals surface area contributed by atoms with E-state index in [1.54, 1.807) is 0 Å². The lowest BCUT2D eigenvalue weighted by Gasteiger charge is -2.29. The summed E-state index contributed by atoms with van der Waals surface area (Å²) in [5, 5.41) is 3.11. The Hall–Kier alpha value is -4.24.